The second-order valence-corrected chi connectivity index (χ2v) is 11.4. The SMILES string of the molecule is C[n+]1[nH]c(-c2ccccc2)c(C=C2C(=O)NC(=S)N(c3ccc(Oc4ccccc4)cc3)C2=O)c1Sc1ccc(Cl)cc1. The summed E-state index contributed by atoms with van der Waals surface area (Å²) < 4.78 is 7.75. The summed E-state index contributed by atoms with van der Waals surface area (Å²) in [4.78, 5) is 29.4. The van der Waals surface area contributed by atoms with Crippen molar-refractivity contribution < 1.29 is 19.0 Å². The highest BCUT2D eigenvalue weighted by Gasteiger charge is 2.36. The number of H-pyrrole nitrogens is 1. The number of ether oxygens (including phenoxy) is 1. The summed E-state index contributed by atoms with van der Waals surface area (Å²) in [6, 6.07) is 33.6. The monoisotopic (exact) mass is 623 g/mol. The molecule has 0 radical (unpaired) electrons. The Morgan fingerprint density at radius 1 is 0.860 bits per heavy atom. The summed E-state index contributed by atoms with van der Waals surface area (Å²) in [7, 11) is 1.88. The number of aryl methyl sites for hydroxylation is 1. The van der Waals surface area contributed by atoms with Crippen molar-refractivity contribution in [2.24, 2.45) is 7.05 Å². The molecule has 1 aliphatic rings. The van der Waals surface area contributed by atoms with Gasteiger partial charge < -0.3 is 4.74 Å². The van der Waals surface area contributed by atoms with Crippen LogP contribution in [0.4, 0.5) is 5.69 Å². The van der Waals surface area contributed by atoms with Gasteiger partial charge in [0, 0.05) is 15.5 Å². The van der Waals surface area contributed by atoms with E-state index in [1.165, 1.54) is 16.7 Å². The summed E-state index contributed by atoms with van der Waals surface area (Å²) in [5.74, 6) is 0.191. The second-order valence-electron chi connectivity index (χ2n) is 9.55. The molecule has 0 saturated carbocycles. The molecule has 2 heterocycles. The van der Waals surface area contributed by atoms with Crippen LogP contribution in [-0.2, 0) is 16.6 Å². The molecule has 2 amide bonds. The van der Waals surface area contributed by atoms with E-state index < -0.39 is 11.8 Å². The number of para-hydroxylation sites is 1. The molecule has 0 aliphatic carbocycles. The maximum Gasteiger partial charge on any atom is 0.277 e. The van der Waals surface area contributed by atoms with Crippen LogP contribution in [-0.4, -0.2) is 22.0 Å². The Labute approximate surface area is 262 Å². The lowest BCUT2D eigenvalue weighted by molar-refractivity contribution is -0.760. The lowest BCUT2D eigenvalue weighted by Crippen LogP contribution is -2.54. The van der Waals surface area contributed by atoms with E-state index in [2.05, 4.69) is 10.4 Å². The first-order valence-corrected chi connectivity index (χ1v) is 14.8. The highest BCUT2D eigenvalue weighted by molar-refractivity contribution is 7.99. The van der Waals surface area contributed by atoms with Gasteiger partial charge in [0.15, 0.2) is 12.2 Å². The maximum absolute atomic E-state index is 13.9. The van der Waals surface area contributed by atoms with Gasteiger partial charge in [-0.25, -0.2) is 0 Å². The lowest BCUT2D eigenvalue weighted by Gasteiger charge is -2.29. The quantitative estimate of drug-likeness (QED) is 0.0889. The number of aromatic amines is 1. The Morgan fingerprint density at radius 2 is 1.49 bits per heavy atom. The number of carbonyl (C=O) groups is 2. The normalized spacial score (nSPS) is 14.2. The molecule has 0 bridgehead atoms. The zero-order chi connectivity index (χ0) is 29.9. The molecular formula is C33H24ClN4O3S2+. The van der Waals surface area contributed by atoms with E-state index in [0.717, 1.165) is 21.2 Å². The van der Waals surface area contributed by atoms with Crippen LogP contribution in [0.1, 0.15) is 5.56 Å². The van der Waals surface area contributed by atoms with Crippen LogP contribution in [0.3, 0.4) is 0 Å². The first kappa shape index (κ1) is 28.4. The lowest BCUT2D eigenvalue weighted by atomic mass is 10.0. The molecule has 5 aromatic rings. The third-order valence-electron chi connectivity index (χ3n) is 6.64. The van der Waals surface area contributed by atoms with E-state index in [4.69, 9.17) is 28.6 Å². The van der Waals surface area contributed by atoms with E-state index in [-0.39, 0.29) is 10.7 Å². The van der Waals surface area contributed by atoms with Crippen molar-refractivity contribution in [1.29, 1.82) is 0 Å². The van der Waals surface area contributed by atoms with Gasteiger partial charge in [-0.1, -0.05) is 60.1 Å². The molecule has 7 nitrogen and oxygen atoms in total. The summed E-state index contributed by atoms with van der Waals surface area (Å²) in [6.45, 7) is 0. The molecule has 1 fully saturated rings. The van der Waals surface area contributed by atoms with Crippen molar-refractivity contribution in [3.8, 4) is 22.8 Å². The van der Waals surface area contributed by atoms with E-state index >= 15 is 0 Å². The third kappa shape index (κ3) is 6.10. The minimum atomic E-state index is -0.569. The molecule has 0 unspecified atom stereocenters. The average Bonchev–Trinajstić information content (AvgIpc) is 3.32. The van der Waals surface area contributed by atoms with Gasteiger partial charge in [0.05, 0.1) is 11.3 Å². The van der Waals surface area contributed by atoms with Gasteiger partial charge in [-0.15, -0.1) is 4.68 Å². The topological polar surface area (TPSA) is 78.3 Å². The number of carbonyl (C=O) groups excluding carboxylic acids is 2. The van der Waals surface area contributed by atoms with Crippen LogP contribution in [0.15, 0.2) is 125 Å². The molecule has 2 N–H and O–H groups in total. The molecule has 0 atom stereocenters. The molecule has 1 aliphatic heterocycles. The van der Waals surface area contributed by atoms with Crippen molar-refractivity contribution in [2.75, 3.05) is 4.90 Å². The van der Waals surface area contributed by atoms with E-state index in [9.17, 15) is 9.59 Å². The fourth-order valence-corrected chi connectivity index (χ4v) is 5.94. The molecule has 10 heteroatoms. The number of nitrogens with zero attached hydrogens (tertiary/aromatic N) is 2. The molecule has 1 saturated heterocycles. The number of aromatic nitrogens is 2. The summed E-state index contributed by atoms with van der Waals surface area (Å²) in [6.07, 6.45) is 1.62. The zero-order valence-corrected chi connectivity index (χ0v) is 25.2. The van der Waals surface area contributed by atoms with Crippen LogP contribution in [0.2, 0.25) is 5.02 Å². The number of benzene rings is 4. The van der Waals surface area contributed by atoms with Crippen LogP contribution < -0.4 is 19.6 Å². The second kappa shape index (κ2) is 12.3. The number of rotatable bonds is 7. The van der Waals surface area contributed by atoms with Gasteiger partial charge in [0.2, 0.25) is 0 Å². The van der Waals surface area contributed by atoms with Gasteiger partial charge in [0.1, 0.15) is 22.8 Å². The van der Waals surface area contributed by atoms with Gasteiger partial charge in [-0.05, 0) is 90.7 Å². The van der Waals surface area contributed by atoms with Crippen LogP contribution in [0.5, 0.6) is 11.5 Å². The average molecular weight is 624 g/mol. The Bertz CT molecular complexity index is 1860. The summed E-state index contributed by atoms with van der Waals surface area (Å²) in [5.41, 5.74) is 2.80. The van der Waals surface area contributed by atoms with Gasteiger partial charge in [-0.2, -0.15) is 5.10 Å². The first-order chi connectivity index (χ1) is 20.9. The number of nitrogens with one attached hydrogen (secondary N) is 2. The maximum atomic E-state index is 13.9. The van der Waals surface area contributed by atoms with Crippen molar-refractivity contribution in [3.63, 3.8) is 0 Å². The predicted molar refractivity (Wildman–Crippen MR) is 172 cm³/mol. The van der Waals surface area contributed by atoms with Crippen LogP contribution in [0, 0.1) is 0 Å². The number of hydrogen-bond donors (Lipinski definition) is 2. The molecule has 43 heavy (non-hydrogen) atoms. The number of thiocarbonyl (C=S) groups is 1. The fourth-order valence-electron chi connectivity index (χ4n) is 4.59. The Balaban J connectivity index is 1.38. The van der Waals surface area contributed by atoms with Gasteiger partial charge in [0.25, 0.3) is 16.8 Å². The van der Waals surface area contributed by atoms with Crippen molar-refractivity contribution in [1.82, 2.24) is 10.4 Å². The van der Waals surface area contributed by atoms with E-state index in [1.807, 2.05) is 96.7 Å². The third-order valence-corrected chi connectivity index (χ3v) is 8.37. The summed E-state index contributed by atoms with van der Waals surface area (Å²) in [5, 5.41) is 7.51. The molecule has 1 aromatic heterocycles. The molecule has 0 spiro atoms. The predicted octanol–water partition coefficient (Wildman–Crippen LogP) is 6.93. The van der Waals surface area contributed by atoms with Gasteiger partial charge in [-0.3, -0.25) is 19.8 Å². The molecule has 212 valence electrons. The van der Waals surface area contributed by atoms with Crippen molar-refractivity contribution in [2.45, 2.75) is 9.92 Å². The van der Waals surface area contributed by atoms with E-state index in [0.29, 0.717) is 27.8 Å². The Hall–Kier alpha value is -4.70. The number of anilines is 1. The van der Waals surface area contributed by atoms with Crippen molar-refractivity contribution >= 4 is 64.3 Å². The van der Waals surface area contributed by atoms with Crippen molar-refractivity contribution in [3.05, 3.63) is 125 Å². The Morgan fingerprint density at radius 3 is 2.16 bits per heavy atom. The molecule has 4 aromatic carbocycles. The largest absolute Gasteiger partial charge is 0.457 e. The highest BCUT2D eigenvalue weighted by atomic mass is 35.5. The van der Waals surface area contributed by atoms with Gasteiger partial charge >= 0.3 is 0 Å². The molecular weight excluding hydrogens is 600 g/mol. The number of halogens is 1. The Kier molecular flexibility index (Phi) is 8.11. The fraction of sp³-hybridized carbons (Fsp3) is 0.0303. The minimum Gasteiger partial charge on any atom is -0.457 e. The summed E-state index contributed by atoms with van der Waals surface area (Å²) >= 11 is 13.0. The standard InChI is InChI=1S/C33H23ClN4O3S2/c1-37-32(43-26-18-12-22(34)13-19-26)27(29(36-37)21-8-4-2-5-9-21)20-28-30(39)35-33(42)38(31(28)40)23-14-16-25(17-15-23)41-24-10-6-3-7-11-24/h2-20H,1H3,(H,35,39,42)/p+1. The zero-order valence-electron chi connectivity index (χ0n) is 22.8. The van der Waals surface area contributed by atoms with Crippen LogP contribution in [0.25, 0.3) is 17.3 Å². The molecule has 6 rings (SSSR count). The number of amides is 2. The highest BCUT2D eigenvalue weighted by Crippen LogP contribution is 2.36. The first-order valence-electron chi connectivity index (χ1n) is 13.2. The van der Waals surface area contributed by atoms with E-state index in [1.54, 1.807) is 30.3 Å². The smallest absolute Gasteiger partial charge is 0.277 e. The minimum absolute atomic E-state index is 0.00236. The number of hydrogen-bond acceptors (Lipinski definition) is 5. The van der Waals surface area contributed by atoms with Crippen LogP contribution >= 0.6 is 35.6 Å².